The number of nitrogens with one attached hydrogen (secondary N) is 1. The molecule has 0 spiro atoms. The second-order valence-corrected chi connectivity index (χ2v) is 4.55. The Kier molecular flexibility index (Phi) is 2.23. The highest BCUT2D eigenvalue weighted by atomic mass is 16.3. The topological polar surface area (TPSA) is 62.0 Å². The highest BCUT2D eigenvalue weighted by molar-refractivity contribution is 5.85. The molecule has 16 heavy (non-hydrogen) atoms. The minimum Gasteiger partial charge on any atom is -0.392 e. The molecule has 1 aromatic heterocycles. The number of aromatic nitrogens is 1. The lowest BCUT2D eigenvalue weighted by atomic mass is 9.92. The molecule has 1 unspecified atom stereocenters. The molecule has 3 heteroatoms. The number of rotatable bonds is 1. The van der Waals surface area contributed by atoms with Crippen molar-refractivity contribution in [1.29, 1.82) is 0 Å². The largest absolute Gasteiger partial charge is 0.392 e. The third-order valence-electron chi connectivity index (χ3n) is 3.50. The van der Waals surface area contributed by atoms with Crippen LogP contribution in [-0.2, 0) is 13.0 Å². The van der Waals surface area contributed by atoms with Gasteiger partial charge in [0.05, 0.1) is 6.61 Å². The Balaban J connectivity index is 2.25. The van der Waals surface area contributed by atoms with Crippen molar-refractivity contribution in [3.05, 3.63) is 35.0 Å². The summed E-state index contributed by atoms with van der Waals surface area (Å²) in [6.45, 7) is 0.0992. The van der Waals surface area contributed by atoms with Crippen molar-refractivity contribution in [2.45, 2.75) is 31.9 Å². The van der Waals surface area contributed by atoms with E-state index in [0.717, 1.165) is 30.3 Å². The van der Waals surface area contributed by atoms with E-state index in [1.807, 2.05) is 12.1 Å². The average molecular weight is 216 g/mol. The number of hydrogen-bond acceptors (Lipinski definition) is 2. The van der Waals surface area contributed by atoms with Gasteiger partial charge in [0.25, 0.3) is 0 Å². The van der Waals surface area contributed by atoms with Crippen LogP contribution in [0.15, 0.2) is 18.2 Å². The lowest BCUT2D eigenvalue weighted by molar-refractivity contribution is 0.282. The van der Waals surface area contributed by atoms with E-state index >= 15 is 0 Å². The minimum atomic E-state index is 0.0992. The normalized spacial score (nSPS) is 20.0. The van der Waals surface area contributed by atoms with Crippen LogP contribution in [0.1, 0.15) is 35.7 Å². The molecular formula is C13H16N2O. The molecule has 84 valence electrons. The van der Waals surface area contributed by atoms with Gasteiger partial charge in [-0.1, -0.05) is 6.07 Å². The Morgan fingerprint density at radius 3 is 3.12 bits per heavy atom. The molecule has 0 amide bonds. The third kappa shape index (κ3) is 1.36. The van der Waals surface area contributed by atoms with Crippen LogP contribution in [0.4, 0.5) is 0 Å². The first kappa shape index (κ1) is 9.87. The Morgan fingerprint density at radius 1 is 1.44 bits per heavy atom. The van der Waals surface area contributed by atoms with Crippen LogP contribution in [-0.4, -0.2) is 10.1 Å². The predicted molar refractivity (Wildman–Crippen MR) is 64.1 cm³/mol. The monoisotopic (exact) mass is 216 g/mol. The highest BCUT2D eigenvalue weighted by Gasteiger charge is 2.21. The third-order valence-corrected chi connectivity index (χ3v) is 3.50. The molecule has 0 fully saturated rings. The number of benzene rings is 1. The van der Waals surface area contributed by atoms with Gasteiger partial charge in [-0.2, -0.15) is 0 Å². The summed E-state index contributed by atoms with van der Waals surface area (Å²) in [5.74, 6) is 0. The first-order valence-corrected chi connectivity index (χ1v) is 5.79. The SMILES string of the molecule is NC1CCCc2c1[nH]c1ccc(CO)cc21. The zero-order valence-electron chi connectivity index (χ0n) is 9.16. The molecule has 0 saturated carbocycles. The van der Waals surface area contributed by atoms with Gasteiger partial charge >= 0.3 is 0 Å². The van der Waals surface area contributed by atoms with Crippen molar-refractivity contribution < 1.29 is 5.11 Å². The van der Waals surface area contributed by atoms with Crippen molar-refractivity contribution in [2.75, 3.05) is 0 Å². The average Bonchev–Trinajstić information content (AvgIpc) is 2.68. The van der Waals surface area contributed by atoms with Crippen LogP contribution >= 0.6 is 0 Å². The van der Waals surface area contributed by atoms with E-state index in [-0.39, 0.29) is 12.6 Å². The Labute approximate surface area is 94.3 Å². The quantitative estimate of drug-likeness (QED) is 0.682. The van der Waals surface area contributed by atoms with Gasteiger partial charge in [-0.15, -0.1) is 0 Å². The van der Waals surface area contributed by atoms with Gasteiger partial charge < -0.3 is 15.8 Å². The van der Waals surface area contributed by atoms with E-state index in [4.69, 9.17) is 10.8 Å². The van der Waals surface area contributed by atoms with Crippen LogP contribution in [0, 0.1) is 0 Å². The Morgan fingerprint density at radius 2 is 2.31 bits per heavy atom. The molecule has 4 N–H and O–H groups in total. The lowest BCUT2D eigenvalue weighted by Gasteiger charge is -2.18. The summed E-state index contributed by atoms with van der Waals surface area (Å²) >= 11 is 0. The molecule has 1 aliphatic carbocycles. The molecule has 3 rings (SSSR count). The summed E-state index contributed by atoms with van der Waals surface area (Å²) in [4.78, 5) is 3.41. The van der Waals surface area contributed by atoms with Gasteiger partial charge in [0.15, 0.2) is 0 Å². The lowest BCUT2D eigenvalue weighted by Crippen LogP contribution is -2.16. The summed E-state index contributed by atoms with van der Waals surface area (Å²) in [6.07, 6.45) is 3.31. The van der Waals surface area contributed by atoms with Gasteiger partial charge in [-0.05, 0) is 42.5 Å². The fraction of sp³-hybridized carbons (Fsp3) is 0.385. The summed E-state index contributed by atoms with van der Waals surface area (Å²) < 4.78 is 0. The molecule has 1 atom stereocenters. The number of hydrogen-bond donors (Lipinski definition) is 3. The van der Waals surface area contributed by atoms with E-state index in [9.17, 15) is 0 Å². The summed E-state index contributed by atoms with van der Waals surface area (Å²) in [7, 11) is 0. The van der Waals surface area contributed by atoms with Gasteiger partial charge in [0.1, 0.15) is 0 Å². The number of aliphatic hydroxyl groups is 1. The number of aromatic amines is 1. The van der Waals surface area contributed by atoms with E-state index in [1.165, 1.54) is 16.6 Å². The number of aryl methyl sites for hydroxylation is 1. The molecule has 1 heterocycles. The molecule has 0 radical (unpaired) electrons. The van der Waals surface area contributed by atoms with Crippen LogP contribution in [0.2, 0.25) is 0 Å². The molecular weight excluding hydrogens is 200 g/mol. The smallest absolute Gasteiger partial charge is 0.0682 e. The number of H-pyrrole nitrogens is 1. The van der Waals surface area contributed by atoms with Crippen molar-refractivity contribution in [3.8, 4) is 0 Å². The van der Waals surface area contributed by atoms with E-state index in [2.05, 4.69) is 11.1 Å². The van der Waals surface area contributed by atoms with Crippen molar-refractivity contribution in [3.63, 3.8) is 0 Å². The Hall–Kier alpha value is -1.32. The van der Waals surface area contributed by atoms with E-state index < -0.39 is 0 Å². The molecule has 0 bridgehead atoms. The second kappa shape index (κ2) is 3.61. The zero-order chi connectivity index (χ0) is 11.1. The molecule has 3 nitrogen and oxygen atoms in total. The number of fused-ring (bicyclic) bond motifs is 3. The van der Waals surface area contributed by atoms with E-state index in [0.29, 0.717) is 0 Å². The minimum absolute atomic E-state index is 0.0992. The standard InChI is InChI=1S/C13H16N2O/c14-11-3-1-2-9-10-6-8(7-16)4-5-12(10)15-13(9)11/h4-6,11,15-16H,1-3,7,14H2. The maximum absolute atomic E-state index is 9.16. The first-order valence-electron chi connectivity index (χ1n) is 5.79. The van der Waals surface area contributed by atoms with Crippen LogP contribution < -0.4 is 5.73 Å². The van der Waals surface area contributed by atoms with Gasteiger partial charge in [-0.3, -0.25) is 0 Å². The molecule has 1 aliphatic rings. The predicted octanol–water partition coefficient (Wildman–Crippen LogP) is 2.00. The van der Waals surface area contributed by atoms with Gasteiger partial charge in [-0.25, -0.2) is 0 Å². The molecule has 1 aromatic carbocycles. The number of nitrogens with two attached hydrogens (primary N) is 1. The highest BCUT2D eigenvalue weighted by Crippen LogP contribution is 2.33. The number of aliphatic hydroxyl groups excluding tert-OH is 1. The van der Waals surface area contributed by atoms with Gasteiger partial charge in [0, 0.05) is 22.6 Å². The van der Waals surface area contributed by atoms with E-state index in [1.54, 1.807) is 0 Å². The van der Waals surface area contributed by atoms with Crippen LogP contribution in [0.25, 0.3) is 10.9 Å². The maximum atomic E-state index is 9.16. The zero-order valence-corrected chi connectivity index (χ0v) is 9.16. The maximum Gasteiger partial charge on any atom is 0.0682 e. The van der Waals surface area contributed by atoms with Crippen LogP contribution in [0.5, 0.6) is 0 Å². The fourth-order valence-corrected chi connectivity index (χ4v) is 2.64. The molecule has 0 saturated heterocycles. The van der Waals surface area contributed by atoms with Crippen LogP contribution in [0.3, 0.4) is 0 Å². The summed E-state index contributed by atoms with van der Waals surface area (Å²) in [6, 6.07) is 6.21. The first-order chi connectivity index (χ1) is 7.79. The van der Waals surface area contributed by atoms with Gasteiger partial charge in [0.2, 0.25) is 0 Å². The summed E-state index contributed by atoms with van der Waals surface area (Å²) in [5.41, 5.74) is 10.7. The fourth-order valence-electron chi connectivity index (χ4n) is 2.64. The molecule has 0 aliphatic heterocycles. The molecule has 2 aromatic rings. The van der Waals surface area contributed by atoms with Crippen molar-refractivity contribution >= 4 is 10.9 Å². The Bertz CT molecular complexity index is 530. The summed E-state index contributed by atoms with van der Waals surface area (Å²) in [5, 5.41) is 10.4. The second-order valence-electron chi connectivity index (χ2n) is 4.55. The van der Waals surface area contributed by atoms with Crippen molar-refractivity contribution in [1.82, 2.24) is 4.98 Å². The van der Waals surface area contributed by atoms with Crippen molar-refractivity contribution in [2.24, 2.45) is 5.73 Å².